The van der Waals surface area contributed by atoms with Crippen molar-refractivity contribution in [1.82, 2.24) is 0 Å². The van der Waals surface area contributed by atoms with Crippen LogP contribution in [0.4, 0.5) is 32.3 Å². The van der Waals surface area contributed by atoms with E-state index in [1.165, 1.54) is 24.2 Å². The number of hydrogen-bond donors (Lipinski definition) is 3. The first-order valence-corrected chi connectivity index (χ1v) is 18.5. The summed E-state index contributed by atoms with van der Waals surface area (Å²) in [6.07, 6.45) is 1.30. The molecule has 0 aromatic heterocycles. The van der Waals surface area contributed by atoms with Gasteiger partial charge in [0.15, 0.2) is 6.23 Å². The van der Waals surface area contributed by atoms with Crippen molar-refractivity contribution >= 4 is 46.8 Å². The van der Waals surface area contributed by atoms with E-state index in [1.54, 1.807) is 34.1 Å². The maximum absolute atomic E-state index is 13.5. The Bertz CT molecular complexity index is 2240. The first-order valence-electron chi connectivity index (χ1n) is 18.5. The van der Waals surface area contributed by atoms with Gasteiger partial charge in [-0.2, -0.15) is 0 Å². The number of ether oxygens (including phenoxy) is 3. The molecule has 0 bridgehead atoms. The van der Waals surface area contributed by atoms with E-state index in [-0.39, 0.29) is 43.2 Å². The van der Waals surface area contributed by atoms with Gasteiger partial charge in [0.2, 0.25) is 0 Å². The molecule has 0 fully saturated rings. The maximum atomic E-state index is 13.5. The van der Waals surface area contributed by atoms with Crippen molar-refractivity contribution in [1.29, 1.82) is 0 Å². The average Bonchev–Trinajstić information content (AvgIpc) is 3.77. The number of amides is 4. The highest BCUT2D eigenvalue weighted by atomic mass is 16.6. The largest absolute Gasteiger partial charge is 0.496 e. The van der Waals surface area contributed by atoms with Crippen molar-refractivity contribution in [2.24, 2.45) is 0 Å². The number of anilines is 4. The third-order valence-corrected chi connectivity index (χ3v) is 10.3. The molecule has 4 aromatic carbocycles. The molecule has 4 amide bonds. The van der Waals surface area contributed by atoms with Gasteiger partial charge >= 0.3 is 12.2 Å². The maximum Gasteiger partial charge on any atom is 0.416 e. The second kappa shape index (κ2) is 17.1. The molecule has 3 atom stereocenters. The number of nitrogens with zero attached hydrogens (tertiary/aromatic N) is 3. The Hall–Kier alpha value is -6.44. The number of para-hydroxylation sites is 2. The van der Waals surface area contributed by atoms with Crippen LogP contribution in [0.5, 0.6) is 5.75 Å². The molecule has 7 rings (SSSR count). The highest BCUT2D eigenvalue weighted by Gasteiger charge is 2.47. The SMILES string of the molecule is C=CCOC(=O)N1c2cc(C)c(C)cc2C(=O)N2c3ccccc3C[C@H]2C1O.C=CCOC(=O)Nc1cc(C)c(OC)cc1C(=O)N1c2ccccc2C[C@H]1CO. The van der Waals surface area contributed by atoms with E-state index in [1.807, 2.05) is 69.3 Å². The normalized spacial score (nSPS) is 17.5. The Morgan fingerprint density at radius 1 is 0.825 bits per heavy atom. The molecular formula is C44H46N4O9. The molecule has 3 N–H and O–H groups in total. The number of aryl methyl sites for hydroxylation is 3. The highest BCUT2D eigenvalue weighted by Crippen LogP contribution is 2.41. The molecule has 0 saturated carbocycles. The number of hydrogen-bond acceptors (Lipinski definition) is 9. The fourth-order valence-electron chi connectivity index (χ4n) is 7.41. The fourth-order valence-corrected chi connectivity index (χ4v) is 7.41. The van der Waals surface area contributed by atoms with Crippen molar-refractivity contribution in [2.75, 3.05) is 46.9 Å². The molecule has 13 nitrogen and oxygen atoms in total. The summed E-state index contributed by atoms with van der Waals surface area (Å²) in [6.45, 7) is 12.6. The van der Waals surface area contributed by atoms with Crippen LogP contribution in [0.25, 0.3) is 0 Å². The van der Waals surface area contributed by atoms with E-state index in [9.17, 15) is 29.4 Å². The number of rotatable bonds is 8. The van der Waals surface area contributed by atoms with Crippen LogP contribution in [0.2, 0.25) is 0 Å². The van der Waals surface area contributed by atoms with Gasteiger partial charge in [-0.15, -0.1) is 0 Å². The second-order valence-corrected chi connectivity index (χ2v) is 13.9. The molecule has 1 unspecified atom stereocenters. The monoisotopic (exact) mass is 774 g/mol. The predicted molar refractivity (Wildman–Crippen MR) is 217 cm³/mol. The molecule has 3 aliphatic heterocycles. The van der Waals surface area contributed by atoms with Crippen molar-refractivity contribution in [3.8, 4) is 5.75 Å². The minimum absolute atomic E-state index is 0.0186. The first-order chi connectivity index (χ1) is 27.4. The number of carbonyl (C=O) groups is 4. The topological polar surface area (TPSA) is 158 Å². The molecule has 0 radical (unpaired) electrons. The summed E-state index contributed by atoms with van der Waals surface area (Å²) in [5.74, 6) is -0.0520. The van der Waals surface area contributed by atoms with Gasteiger partial charge < -0.3 is 34.2 Å². The van der Waals surface area contributed by atoms with Crippen LogP contribution in [0.1, 0.15) is 48.5 Å². The van der Waals surface area contributed by atoms with Crippen LogP contribution in [0, 0.1) is 20.8 Å². The van der Waals surface area contributed by atoms with Crippen molar-refractivity contribution in [2.45, 2.75) is 51.9 Å². The molecule has 3 heterocycles. The zero-order valence-electron chi connectivity index (χ0n) is 32.4. The van der Waals surface area contributed by atoms with Crippen LogP contribution in [0.3, 0.4) is 0 Å². The van der Waals surface area contributed by atoms with Crippen LogP contribution < -0.4 is 24.8 Å². The van der Waals surface area contributed by atoms with Crippen molar-refractivity contribution < 1.29 is 43.6 Å². The zero-order valence-corrected chi connectivity index (χ0v) is 32.4. The quantitative estimate of drug-likeness (QED) is 0.167. The number of carbonyl (C=O) groups excluding carboxylic acids is 4. The van der Waals surface area contributed by atoms with E-state index >= 15 is 0 Å². The number of aliphatic hydroxyl groups excluding tert-OH is 2. The Kier molecular flexibility index (Phi) is 12.1. The molecule has 0 spiro atoms. The lowest BCUT2D eigenvalue weighted by Crippen LogP contribution is -2.52. The minimum atomic E-state index is -1.24. The Morgan fingerprint density at radius 3 is 2.12 bits per heavy atom. The van der Waals surface area contributed by atoms with E-state index in [4.69, 9.17) is 14.2 Å². The van der Waals surface area contributed by atoms with Gasteiger partial charge in [0.25, 0.3) is 11.8 Å². The summed E-state index contributed by atoms with van der Waals surface area (Å²) < 4.78 is 15.6. The number of fused-ring (bicyclic) bond motifs is 5. The summed E-state index contributed by atoms with van der Waals surface area (Å²) in [7, 11) is 1.52. The fraction of sp³-hybridized carbons (Fsp3) is 0.273. The molecule has 13 heteroatoms. The number of aliphatic hydroxyl groups is 2. The number of nitrogens with one attached hydrogen (secondary N) is 1. The van der Waals surface area contributed by atoms with Gasteiger partial charge in [-0.05, 0) is 97.8 Å². The van der Waals surface area contributed by atoms with Gasteiger partial charge in [-0.3, -0.25) is 14.9 Å². The third-order valence-electron chi connectivity index (χ3n) is 10.3. The first kappa shape index (κ1) is 40.2. The molecule has 57 heavy (non-hydrogen) atoms. The van der Waals surface area contributed by atoms with Crippen LogP contribution in [-0.4, -0.2) is 79.5 Å². The molecule has 0 aliphatic carbocycles. The molecule has 296 valence electrons. The van der Waals surface area contributed by atoms with Crippen LogP contribution in [0.15, 0.2) is 98.1 Å². The van der Waals surface area contributed by atoms with E-state index < -0.39 is 24.5 Å². The molecule has 0 saturated heterocycles. The van der Waals surface area contributed by atoms with Gasteiger partial charge in [0.1, 0.15) is 19.0 Å². The van der Waals surface area contributed by atoms with E-state index in [0.29, 0.717) is 35.5 Å². The van der Waals surface area contributed by atoms with Crippen molar-refractivity contribution in [3.63, 3.8) is 0 Å². The number of benzene rings is 4. The highest BCUT2D eigenvalue weighted by molar-refractivity contribution is 6.15. The second-order valence-electron chi connectivity index (χ2n) is 13.9. The molecular weight excluding hydrogens is 729 g/mol. The zero-order chi connectivity index (χ0) is 41.0. The minimum Gasteiger partial charge on any atom is -0.496 e. The third kappa shape index (κ3) is 7.84. The van der Waals surface area contributed by atoms with Gasteiger partial charge in [0, 0.05) is 11.4 Å². The summed E-state index contributed by atoms with van der Waals surface area (Å²) in [5, 5.41) is 23.7. The average molecular weight is 775 g/mol. The Balaban J connectivity index is 0.000000193. The lowest BCUT2D eigenvalue weighted by Gasteiger charge is -2.31. The Labute approximate surface area is 331 Å². The lowest BCUT2D eigenvalue weighted by molar-refractivity contribution is 0.0916. The van der Waals surface area contributed by atoms with Gasteiger partial charge in [0.05, 0.1) is 48.3 Å². The van der Waals surface area contributed by atoms with E-state index in [2.05, 4.69) is 18.5 Å². The van der Waals surface area contributed by atoms with E-state index in [0.717, 1.165) is 39.2 Å². The molecule has 3 aliphatic rings. The summed E-state index contributed by atoms with van der Waals surface area (Å²) in [4.78, 5) is 56.3. The van der Waals surface area contributed by atoms with Crippen LogP contribution >= 0.6 is 0 Å². The standard InChI is InChI=1S/C22H24N2O5.C22H22N2O4/c1-4-9-29-22(27)23-18-10-14(2)20(28-3)12-17(18)21(26)24-16(13-25)11-15-7-5-6-8-19(15)24;1-4-9-28-22(27)24-18-11-14(3)13(2)10-16(18)20(25)23-17-8-6-5-7-15(17)12-19(23)21(24)26/h4-8,10,12,16,25H,1,9,11,13H2,2-3H3,(H,23,27);4-8,10-11,19,21,26H,1,9,12H2,2-3H3/t16-;19-,21?/m00/s1. The van der Waals surface area contributed by atoms with Crippen molar-refractivity contribution in [3.05, 3.63) is 137 Å². The summed E-state index contributed by atoms with van der Waals surface area (Å²) in [6, 6.07) is 20.9. The molecule has 4 aromatic rings. The van der Waals surface area contributed by atoms with Gasteiger partial charge in [-0.1, -0.05) is 61.7 Å². The summed E-state index contributed by atoms with van der Waals surface area (Å²) >= 11 is 0. The predicted octanol–water partition coefficient (Wildman–Crippen LogP) is 6.64. The Morgan fingerprint density at radius 2 is 1.46 bits per heavy atom. The summed E-state index contributed by atoms with van der Waals surface area (Å²) in [5.41, 5.74) is 7.36. The smallest absolute Gasteiger partial charge is 0.416 e. The lowest BCUT2D eigenvalue weighted by atomic mass is 10.0. The van der Waals surface area contributed by atoms with Crippen LogP contribution in [-0.2, 0) is 22.3 Å². The number of methoxy groups -OCH3 is 1. The van der Waals surface area contributed by atoms with Gasteiger partial charge in [-0.25, -0.2) is 14.5 Å².